The van der Waals surface area contributed by atoms with Crippen LogP contribution in [0, 0.1) is 0 Å². The molecule has 0 heterocycles. The van der Waals surface area contributed by atoms with E-state index >= 15 is 0 Å². The Morgan fingerprint density at radius 2 is 1.87 bits per heavy atom. The van der Waals surface area contributed by atoms with E-state index in [9.17, 15) is 13.2 Å². The fourth-order valence-electron chi connectivity index (χ4n) is 1.83. The Kier molecular flexibility index (Phi) is 5.54. The van der Waals surface area contributed by atoms with Gasteiger partial charge in [0.25, 0.3) is 0 Å². The molecular formula is C16H15ClN2O3S. The number of benzene rings is 2. The molecule has 0 atom stereocenters. The normalized spacial score (nSPS) is 11.6. The summed E-state index contributed by atoms with van der Waals surface area (Å²) in [5, 5.41) is 8.32. The average Bonchev–Trinajstić information content (AvgIpc) is 2.50. The minimum atomic E-state index is -3.70. The molecule has 0 aliphatic rings. The van der Waals surface area contributed by atoms with E-state index in [1.807, 2.05) is 6.07 Å². The Morgan fingerprint density at radius 3 is 2.48 bits per heavy atom. The van der Waals surface area contributed by atoms with Crippen LogP contribution in [0.15, 0.2) is 59.5 Å². The van der Waals surface area contributed by atoms with Crippen molar-refractivity contribution in [3.8, 4) is 0 Å². The van der Waals surface area contributed by atoms with Gasteiger partial charge in [-0.1, -0.05) is 35.9 Å². The van der Waals surface area contributed by atoms with Crippen LogP contribution in [0.1, 0.15) is 11.1 Å². The number of rotatable bonds is 5. The minimum Gasteiger partial charge on any atom is -0.348 e. The number of amides is 1. The molecule has 0 unspecified atom stereocenters. The summed E-state index contributed by atoms with van der Waals surface area (Å²) < 4.78 is 22.3. The number of hydrogen-bond donors (Lipinski definition) is 2. The van der Waals surface area contributed by atoms with Gasteiger partial charge < -0.3 is 5.32 Å². The highest BCUT2D eigenvalue weighted by molar-refractivity contribution is 7.89. The Labute approximate surface area is 139 Å². The molecule has 2 rings (SSSR count). The first kappa shape index (κ1) is 17.2. The predicted molar refractivity (Wildman–Crippen MR) is 90.1 cm³/mol. The Hall–Kier alpha value is -2.15. The molecule has 1 amide bonds. The first-order valence-corrected chi connectivity index (χ1v) is 8.60. The number of hydrogen-bond acceptors (Lipinski definition) is 3. The molecular weight excluding hydrogens is 336 g/mol. The number of halogens is 1. The zero-order valence-electron chi connectivity index (χ0n) is 12.1. The van der Waals surface area contributed by atoms with Gasteiger partial charge in [0.05, 0.1) is 4.90 Å². The zero-order chi connectivity index (χ0) is 16.9. The van der Waals surface area contributed by atoms with E-state index in [4.69, 9.17) is 16.7 Å². The van der Waals surface area contributed by atoms with Crippen LogP contribution in [0.3, 0.4) is 0 Å². The van der Waals surface area contributed by atoms with E-state index in [0.29, 0.717) is 5.02 Å². The average molecular weight is 351 g/mol. The zero-order valence-corrected chi connectivity index (χ0v) is 13.6. The van der Waals surface area contributed by atoms with E-state index in [-0.39, 0.29) is 17.3 Å². The molecule has 120 valence electrons. The molecule has 0 bridgehead atoms. The van der Waals surface area contributed by atoms with Gasteiger partial charge in [0.15, 0.2) is 0 Å². The van der Waals surface area contributed by atoms with E-state index in [2.05, 4.69) is 5.32 Å². The second kappa shape index (κ2) is 7.41. The Balaban J connectivity index is 1.91. The molecule has 0 fully saturated rings. The quantitative estimate of drug-likeness (QED) is 0.811. The molecule has 23 heavy (non-hydrogen) atoms. The summed E-state index contributed by atoms with van der Waals surface area (Å²) in [5.74, 6) is -0.263. The van der Waals surface area contributed by atoms with Gasteiger partial charge in [-0.05, 0) is 41.5 Å². The lowest BCUT2D eigenvalue weighted by atomic mass is 10.2. The minimum absolute atomic E-state index is 0.0356. The predicted octanol–water partition coefficient (Wildman–Crippen LogP) is 2.32. The molecule has 0 aliphatic carbocycles. The number of carbonyl (C=O) groups is 1. The molecule has 5 nitrogen and oxygen atoms in total. The molecule has 2 aromatic carbocycles. The largest absolute Gasteiger partial charge is 0.348 e. The summed E-state index contributed by atoms with van der Waals surface area (Å²) in [6.07, 6.45) is 3.07. The highest BCUT2D eigenvalue weighted by Gasteiger charge is 2.06. The number of sulfonamides is 1. The molecule has 0 saturated carbocycles. The fraction of sp³-hybridized carbons (Fsp3) is 0.0625. The van der Waals surface area contributed by atoms with Crippen molar-refractivity contribution in [3.05, 3.63) is 70.8 Å². The standard InChI is InChI=1S/C16H15ClN2O3S/c17-14-3-1-2-12(10-14)6-9-16(20)19-11-13-4-7-15(8-5-13)23(18,21)22/h1-10H,11H2,(H,19,20)(H2,18,21,22). The molecule has 2 aromatic rings. The third-order valence-corrected chi connectivity index (χ3v) is 4.16. The number of nitrogens with one attached hydrogen (secondary N) is 1. The van der Waals surface area contributed by atoms with E-state index < -0.39 is 10.0 Å². The van der Waals surface area contributed by atoms with Crippen LogP contribution in [0.2, 0.25) is 5.02 Å². The third kappa shape index (κ3) is 5.52. The van der Waals surface area contributed by atoms with Crippen molar-refractivity contribution in [1.29, 1.82) is 0 Å². The Bertz CT molecular complexity index is 831. The summed E-state index contributed by atoms with van der Waals surface area (Å²) in [6, 6.07) is 13.1. The van der Waals surface area contributed by atoms with Gasteiger partial charge in [0.2, 0.25) is 15.9 Å². The maximum absolute atomic E-state index is 11.8. The van der Waals surface area contributed by atoms with Gasteiger partial charge in [-0.25, -0.2) is 13.6 Å². The van der Waals surface area contributed by atoms with Crippen molar-refractivity contribution in [2.24, 2.45) is 5.14 Å². The highest BCUT2D eigenvalue weighted by atomic mass is 35.5. The van der Waals surface area contributed by atoms with E-state index in [1.54, 1.807) is 36.4 Å². The fourth-order valence-corrected chi connectivity index (χ4v) is 2.54. The summed E-state index contributed by atoms with van der Waals surface area (Å²) in [6.45, 7) is 0.281. The highest BCUT2D eigenvalue weighted by Crippen LogP contribution is 2.12. The topological polar surface area (TPSA) is 89.3 Å². The molecule has 0 aliphatic heterocycles. The van der Waals surface area contributed by atoms with Crippen LogP contribution >= 0.6 is 11.6 Å². The molecule has 3 N–H and O–H groups in total. The molecule has 7 heteroatoms. The van der Waals surface area contributed by atoms with Crippen LogP contribution in [0.4, 0.5) is 0 Å². The lowest BCUT2D eigenvalue weighted by molar-refractivity contribution is -0.116. The maximum atomic E-state index is 11.8. The maximum Gasteiger partial charge on any atom is 0.244 e. The van der Waals surface area contributed by atoms with Gasteiger partial charge in [0, 0.05) is 17.6 Å². The molecule has 0 radical (unpaired) electrons. The van der Waals surface area contributed by atoms with Crippen LogP contribution in [0.25, 0.3) is 6.08 Å². The lowest BCUT2D eigenvalue weighted by Gasteiger charge is -2.04. The van der Waals surface area contributed by atoms with Gasteiger partial charge in [-0.15, -0.1) is 0 Å². The Morgan fingerprint density at radius 1 is 1.17 bits per heavy atom. The second-order valence-corrected chi connectivity index (χ2v) is 6.79. The van der Waals surface area contributed by atoms with Crippen molar-refractivity contribution in [1.82, 2.24) is 5.32 Å². The molecule has 0 saturated heterocycles. The summed E-state index contributed by atoms with van der Waals surface area (Å²) >= 11 is 5.86. The van der Waals surface area contributed by atoms with Crippen molar-refractivity contribution in [3.63, 3.8) is 0 Å². The van der Waals surface area contributed by atoms with Crippen molar-refractivity contribution < 1.29 is 13.2 Å². The van der Waals surface area contributed by atoms with Gasteiger partial charge >= 0.3 is 0 Å². The van der Waals surface area contributed by atoms with Gasteiger partial charge in [-0.2, -0.15) is 0 Å². The monoisotopic (exact) mass is 350 g/mol. The number of carbonyl (C=O) groups excluding carboxylic acids is 1. The summed E-state index contributed by atoms with van der Waals surface area (Å²) in [4.78, 5) is 11.8. The van der Waals surface area contributed by atoms with E-state index in [1.165, 1.54) is 18.2 Å². The third-order valence-electron chi connectivity index (χ3n) is 2.99. The number of nitrogens with two attached hydrogens (primary N) is 1. The van der Waals surface area contributed by atoms with Crippen LogP contribution in [-0.4, -0.2) is 14.3 Å². The molecule has 0 aromatic heterocycles. The van der Waals surface area contributed by atoms with Crippen LogP contribution in [0.5, 0.6) is 0 Å². The van der Waals surface area contributed by atoms with Gasteiger partial charge in [0.1, 0.15) is 0 Å². The van der Waals surface area contributed by atoms with Crippen molar-refractivity contribution >= 4 is 33.6 Å². The SMILES string of the molecule is NS(=O)(=O)c1ccc(CNC(=O)C=Cc2cccc(Cl)c2)cc1. The van der Waals surface area contributed by atoms with Gasteiger partial charge in [-0.3, -0.25) is 4.79 Å². The van der Waals surface area contributed by atoms with Crippen molar-refractivity contribution in [2.45, 2.75) is 11.4 Å². The smallest absolute Gasteiger partial charge is 0.244 e. The first-order valence-electron chi connectivity index (χ1n) is 6.68. The van der Waals surface area contributed by atoms with Crippen molar-refractivity contribution in [2.75, 3.05) is 0 Å². The molecule has 0 spiro atoms. The summed E-state index contributed by atoms with van der Waals surface area (Å²) in [7, 11) is -3.70. The summed E-state index contributed by atoms with van der Waals surface area (Å²) in [5.41, 5.74) is 1.59. The van der Waals surface area contributed by atoms with E-state index in [0.717, 1.165) is 11.1 Å². The second-order valence-electron chi connectivity index (χ2n) is 4.80. The number of primary sulfonamides is 1. The lowest BCUT2D eigenvalue weighted by Crippen LogP contribution is -2.20. The first-order chi connectivity index (χ1) is 10.8. The van der Waals surface area contributed by atoms with Crippen LogP contribution < -0.4 is 10.5 Å². The van der Waals surface area contributed by atoms with Crippen LogP contribution in [-0.2, 0) is 21.4 Å².